The van der Waals surface area contributed by atoms with Gasteiger partial charge in [-0.2, -0.15) is 18.2 Å². The van der Waals surface area contributed by atoms with Crippen molar-refractivity contribution in [3.05, 3.63) is 0 Å². The van der Waals surface area contributed by atoms with Gasteiger partial charge in [-0.25, -0.2) is 0 Å². The maximum atomic E-state index is 11.6. The predicted molar refractivity (Wildman–Crippen MR) is 28.9 cm³/mol. The average molecular weight is 171 g/mol. The Balaban J connectivity index is 2.77. The number of amidine groups is 2. The fourth-order valence-electron chi connectivity index (χ4n) is 0.341. The standard InChI is InChI=1S/C3ClF3N3/c4-2-8-1(9-10-2)3(5,6)7. The minimum atomic E-state index is -4.56. The maximum Gasteiger partial charge on any atom is 0.453 e. The Morgan fingerprint density at radius 3 is 2.10 bits per heavy atom. The molecule has 0 aromatic rings. The van der Waals surface area contributed by atoms with Crippen LogP contribution in [0.25, 0.3) is 0 Å². The minimum Gasteiger partial charge on any atom is -0.191 e. The molecule has 0 spiro atoms. The lowest BCUT2D eigenvalue weighted by atomic mass is 10.6. The smallest absolute Gasteiger partial charge is 0.191 e. The van der Waals surface area contributed by atoms with Gasteiger partial charge in [0.05, 0.1) is 0 Å². The van der Waals surface area contributed by atoms with Crippen molar-refractivity contribution in [2.45, 2.75) is 6.18 Å². The first-order chi connectivity index (χ1) is 4.50. The van der Waals surface area contributed by atoms with Gasteiger partial charge in [-0.3, -0.25) is 0 Å². The summed E-state index contributed by atoms with van der Waals surface area (Å²) < 4.78 is 34.7. The van der Waals surface area contributed by atoms with Crippen molar-refractivity contribution < 1.29 is 13.2 Å². The number of hydrogen-bond donors (Lipinski definition) is 0. The second-order valence-electron chi connectivity index (χ2n) is 1.40. The average Bonchev–Trinajstić information content (AvgIpc) is 2.11. The van der Waals surface area contributed by atoms with Crippen LogP contribution in [0.1, 0.15) is 0 Å². The Labute approximate surface area is 58.6 Å². The summed E-state index contributed by atoms with van der Waals surface area (Å²) in [7, 11) is 0. The summed E-state index contributed by atoms with van der Waals surface area (Å²) in [5, 5.41) is 2.18. The zero-order valence-electron chi connectivity index (χ0n) is 4.35. The summed E-state index contributed by atoms with van der Waals surface area (Å²) in [5.74, 6) is -1.31. The fraction of sp³-hybridized carbons (Fsp3) is 0.333. The Morgan fingerprint density at radius 1 is 1.30 bits per heavy atom. The molecular weight excluding hydrogens is 171 g/mol. The van der Waals surface area contributed by atoms with Crippen molar-refractivity contribution in [2.75, 3.05) is 0 Å². The zero-order valence-corrected chi connectivity index (χ0v) is 5.11. The first-order valence-electron chi connectivity index (χ1n) is 2.10. The largest absolute Gasteiger partial charge is 0.453 e. The first kappa shape index (κ1) is 7.33. The van der Waals surface area contributed by atoms with Crippen LogP contribution < -0.4 is 5.43 Å². The van der Waals surface area contributed by atoms with Crippen molar-refractivity contribution in [1.82, 2.24) is 5.43 Å². The van der Waals surface area contributed by atoms with Gasteiger partial charge >= 0.3 is 6.18 Å². The van der Waals surface area contributed by atoms with Crippen LogP contribution in [0.2, 0.25) is 0 Å². The molecule has 1 heterocycles. The van der Waals surface area contributed by atoms with Crippen molar-refractivity contribution in [1.29, 1.82) is 0 Å². The van der Waals surface area contributed by atoms with Crippen LogP contribution in [0.4, 0.5) is 13.2 Å². The van der Waals surface area contributed by atoms with E-state index in [2.05, 4.69) is 15.5 Å². The summed E-state index contributed by atoms with van der Waals surface area (Å²) >= 11 is 4.98. The van der Waals surface area contributed by atoms with Gasteiger partial charge in [-0.05, 0) is 11.6 Å². The van der Waals surface area contributed by atoms with E-state index in [1.54, 1.807) is 0 Å². The number of hydrogen-bond acceptors (Lipinski definition) is 2. The third kappa shape index (κ3) is 1.38. The molecule has 0 saturated carbocycles. The van der Waals surface area contributed by atoms with Crippen molar-refractivity contribution >= 4 is 22.7 Å². The lowest BCUT2D eigenvalue weighted by molar-refractivity contribution is -0.0596. The Hall–Kier alpha value is -0.780. The van der Waals surface area contributed by atoms with Crippen LogP contribution in [0.5, 0.6) is 0 Å². The Bertz CT molecular complexity index is 206. The Kier molecular flexibility index (Phi) is 1.55. The third-order valence-corrected chi connectivity index (χ3v) is 0.839. The number of rotatable bonds is 0. The molecule has 1 aliphatic heterocycles. The van der Waals surface area contributed by atoms with E-state index in [0.29, 0.717) is 0 Å². The Morgan fingerprint density at radius 2 is 1.90 bits per heavy atom. The number of alkyl halides is 3. The van der Waals surface area contributed by atoms with Gasteiger partial charge < -0.3 is 0 Å². The van der Waals surface area contributed by atoms with Gasteiger partial charge in [0.15, 0.2) is 0 Å². The highest BCUT2D eigenvalue weighted by Gasteiger charge is 2.39. The first-order valence-corrected chi connectivity index (χ1v) is 2.48. The van der Waals surface area contributed by atoms with Crippen LogP contribution in [0.3, 0.4) is 0 Å². The molecule has 0 saturated heterocycles. The number of aliphatic imine (C=N–C) groups is 1. The molecular formula is C3ClF3N3. The van der Waals surface area contributed by atoms with E-state index >= 15 is 0 Å². The molecule has 55 valence electrons. The van der Waals surface area contributed by atoms with E-state index in [0.717, 1.165) is 0 Å². The summed E-state index contributed by atoms with van der Waals surface area (Å²) in [5.41, 5.74) is 2.87. The predicted octanol–water partition coefficient (Wildman–Crippen LogP) is 1.07. The van der Waals surface area contributed by atoms with Crippen LogP contribution in [-0.2, 0) is 0 Å². The molecule has 0 aromatic carbocycles. The quantitative estimate of drug-likeness (QED) is 0.488. The molecule has 0 amide bonds. The van der Waals surface area contributed by atoms with Crippen LogP contribution in [0, 0.1) is 0 Å². The normalized spacial score (nSPS) is 18.0. The SMILES string of the molecule is FC(F)(F)C1=N[N]C(Cl)=N1. The molecule has 0 atom stereocenters. The second kappa shape index (κ2) is 2.12. The van der Waals surface area contributed by atoms with Crippen molar-refractivity contribution in [2.24, 2.45) is 10.1 Å². The molecule has 3 nitrogen and oxygen atoms in total. The van der Waals surface area contributed by atoms with E-state index in [1.165, 1.54) is 0 Å². The van der Waals surface area contributed by atoms with Crippen LogP contribution in [-0.4, -0.2) is 17.3 Å². The molecule has 0 N–H and O–H groups in total. The van der Waals surface area contributed by atoms with Gasteiger partial charge in [-0.15, -0.1) is 10.5 Å². The number of nitrogens with zero attached hydrogens (tertiary/aromatic N) is 3. The molecule has 10 heavy (non-hydrogen) atoms. The highest BCUT2D eigenvalue weighted by molar-refractivity contribution is 6.65. The molecule has 1 radical (unpaired) electrons. The van der Waals surface area contributed by atoms with Crippen LogP contribution in [0.15, 0.2) is 10.1 Å². The number of halogens is 4. The highest BCUT2D eigenvalue weighted by atomic mass is 35.5. The molecule has 0 unspecified atom stereocenters. The molecule has 0 aliphatic carbocycles. The van der Waals surface area contributed by atoms with E-state index in [4.69, 9.17) is 11.6 Å². The summed E-state index contributed by atoms with van der Waals surface area (Å²) in [6, 6.07) is 0. The fourth-order valence-corrected chi connectivity index (χ4v) is 0.459. The second-order valence-corrected chi connectivity index (χ2v) is 1.74. The van der Waals surface area contributed by atoms with Gasteiger partial charge in [-0.1, -0.05) is 0 Å². The summed E-state index contributed by atoms with van der Waals surface area (Å²) in [6.07, 6.45) is -4.56. The van der Waals surface area contributed by atoms with Crippen LogP contribution >= 0.6 is 11.6 Å². The maximum absolute atomic E-state index is 11.6. The molecule has 0 aromatic heterocycles. The van der Waals surface area contributed by atoms with Gasteiger partial charge in [0.25, 0.3) is 5.84 Å². The van der Waals surface area contributed by atoms with Gasteiger partial charge in [0, 0.05) is 0 Å². The molecule has 0 bridgehead atoms. The topological polar surface area (TPSA) is 38.8 Å². The van der Waals surface area contributed by atoms with Crippen molar-refractivity contribution in [3.8, 4) is 0 Å². The molecule has 0 fully saturated rings. The highest BCUT2D eigenvalue weighted by Crippen LogP contribution is 2.20. The molecule has 7 heteroatoms. The molecule has 1 aliphatic rings. The monoisotopic (exact) mass is 170 g/mol. The van der Waals surface area contributed by atoms with Gasteiger partial charge in [0.2, 0.25) is 5.29 Å². The minimum absolute atomic E-state index is 0.493. The lowest BCUT2D eigenvalue weighted by Gasteiger charge is -1.98. The summed E-state index contributed by atoms with van der Waals surface area (Å²) in [6.45, 7) is 0. The van der Waals surface area contributed by atoms with Gasteiger partial charge in [0.1, 0.15) is 0 Å². The van der Waals surface area contributed by atoms with E-state index in [1.807, 2.05) is 0 Å². The summed E-state index contributed by atoms with van der Waals surface area (Å²) in [4.78, 5) is 2.80. The van der Waals surface area contributed by atoms with E-state index < -0.39 is 17.3 Å². The zero-order chi connectivity index (χ0) is 7.78. The van der Waals surface area contributed by atoms with Crippen molar-refractivity contribution in [3.63, 3.8) is 0 Å². The lowest BCUT2D eigenvalue weighted by Crippen LogP contribution is -2.19. The van der Waals surface area contributed by atoms with E-state index in [-0.39, 0.29) is 0 Å². The van der Waals surface area contributed by atoms with E-state index in [9.17, 15) is 13.2 Å². The molecule has 1 rings (SSSR count). The third-order valence-electron chi connectivity index (χ3n) is 0.679.